The largest absolute Gasteiger partial charge is 0.393 e. The highest BCUT2D eigenvalue weighted by molar-refractivity contribution is 7.18. The molecule has 0 saturated carbocycles. The van der Waals surface area contributed by atoms with Crippen LogP contribution in [0.4, 0.5) is 5.69 Å². The maximum Gasteiger partial charge on any atom is 0.333 e. The van der Waals surface area contributed by atoms with Crippen LogP contribution < -0.4 is 17.0 Å². The molecule has 0 radical (unpaired) electrons. The molecule has 0 fully saturated rings. The molecule has 0 saturated heterocycles. The van der Waals surface area contributed by atoms with Gasteiger partial charge in [-0.3, -0.25) is 14.3 Å². The molecule has 3 N–H and O–H groups in total. The van der Waals surface area contributed by atoms with E-state index in [1.807, 2.05) is 0 Å². The quantitative estimate of drug-likeness (QED) is 0.778. The van der Waals surface area contributed by atoms with E-state index in [-0.39, 0.29) is 5.69 Å². The lowest BCUT2D eigenvalue weighted by atomic mass is 10.5. The van der Waals surface area contributed by atoms with E-state index in [0.29, 0.717) is 9.34 Å². The van der Waals surface area contributed by atoms with E-state index in [1.54, 1.807) is 12.1 Å². The Balaban J connectivity index is 2.68. The molecule has 0 aromatic carbocycles. The van der Waals surface area contributed by atoms with E-state index in [9.17, 15) is 9.59 Å². The molecule has 0 amide bonds. The molecule has 5 nitrogen and oxygen atoms in total. The minimum Gasteiger partial charge on any atom is -0.393 e. The predicted octanol–water partition coefficient (Wildman–Crippen LogP) is 0.823. The van der Waals surface area contributed by atoms with Gasteiger partial charge in [-0.1, -0.05) is 11.6 Å². The summed E-state index contributed by atoms with van der Waals surface area (Å²) in [5, 5.41) is 0.605. The molecule has 2 heterocycles. The number of rotatable bonds is 1. The van der Waals surface area contributed by atoms with Gasteiger partial charge in [0.15, 0.2) is 0 Å². The molecule has 2 aromatic heterocycles. The van der Waals surface area contributed by atoms with Crippen molar-refractivity contribution in [2.24, 2.45) is 0 Å². The molecule has 0 atom stereocenters. The fourth-order valence-electron chi connectivity index (χ4n) is 1.08. The lowest BCUT2D eigenvalue weighted by Gasteiger charge is -2.01. The summed E-state index contributed by atoms with van der Waals surface area (Å²) in [6.45, 7) is 0. The fraction of sp³-hybridized carbons (Fsp3) is 0. The van der Waals surface area contributed by atoms with Gasteiger partial charge in [-0.25, -0.2) is 4.79 Å². The second-order valence-electron chi connectivity index (χ2n) is 2.79. The Bertz CT molecular complexity index is 613. The second-order valence-corrected chi connectivity index (χ2v) is 4.48. The van der Waals surface area contributed by atoms with Gasteiger partial charge in [0.25, 0.3) is 5.56 Å². The number of aromatic amines is 1. The summed E-state index contributed by atoms with van der Waals surface area (Å²) in [5.74, 6) is 0. The third-order valence-corrected chi connectivity index (χ3v) is 3.00. The molecule has 2 aromatic rings. The van der Waals surface area contributed by atoms with Gasteiger partial charge in [0.05, 0.1) is 4.34 Å². The summed E-state index contributed by atoms with van der Waals surface area (Å²) < 4.78 is 1.80. The molecular formula is C8H6ClN3O2S. The van der Waals surface area contributed by atoms with Crippen LogP contribution in [0.3, 0.4) is 0 Å². The van der Waals surface area contributed by atoms with E-state index in [1.165, 1.54) is 22.1 Å². The number of thiophene rings is 1. The highest BCUT2D eigenvalue weighted by Gasteiger charge is 2.05. The van der Waals surface area contributed by atoms with Crippen LogP contribution >= 0.6 is 22.9 Å². The Morgan fingerprint density at radius 1 is 1.40 bits per heavy atom. The Kier molecular flexibility index (Phi) is 2.37. The van der Waals surface area contributed by atoms with Gasteiger partial charge in [0.2, 0.25) is 0 Å². The van der Waals surface area contributed by atoms with Crippen molar-refractivity contribution in [2.45, 2.75) is 0 Å². The van der Waals surface area contributed by atoms with E-state index >= 15 is 0 Å². The van der Waals surface area contributed by atoms with Crippen LogP contribution in [0.2, 0.25) is 4.34 Å². The van der Waals surface area contributed by atoms with Gasteiger partial charge in [-0.15, -0.1) is 11.3 Å². The van der Waals surface area contributed by atoms with Crippen LogP contribution in [0.5, 0.6) is 0 Å². The average molecular weight is 244 g/mol. The summed E-state index contributed by atoms with van der Waals surface area (Å²) in [6.07, 6.45) is 1.28. The molecule has 2 rings (SSSR count). The Labute approximate surface area is 92.7 Å². The number of halogens is 1. The highest BCUT2D eigenvalue weighted by atomic mass is 35.5. The maximum atomic E-state index is 11.4. The van der Waals surface area contributed by atoms with Crippen LogP contribution in [-0.4, -0.2) is 9.55 Å². The highest BCUT2D eigenvalue weighted by Crippen LogP contribution is 2.23. The first-order valence-electron chi connectivity index (χ1n) is 3.95. The first-order valence-corrected chi connectivity index (χ1v) is 5.14. The monoisotopic (exact) mass is 243 g/mol. The topological polar surface area (TPSA) is 80.9 Å². The van der Waals surface area contributed by atoms with Crippen molar-refractivity contribution in [1.29, 1.82) is 0 Å². The van der Waals surface area contributed by atoms with E-state index in [4.69, 9.17) is 17.3 Å². The lowest BCUT2D eigenvalue weighted by Crippen LogP contribution is -2.29. The van der Waals surface area contributed by atoms with Crippen molar-refractivity contribution >= 4 is 28.6 Å². The molecule has 0 aliphatic rings. The first-order chi connectivity index (χ1) is 7.08. The zero-order valence-electron chi connectivity index (χ0n) is 7.36. The minimum absolute atomic E-state index is 0.0147. The average Bonchev–Trinajstić information content (AvgIpc) is 2.58. The number of nitrogen functional groups attached to an aromatic ring is 1. The van der Waals surface area contributed by atoms with E-state index in [2.05, 4.69) is 4.98 Å². The first kappa shape index (κ1) is 10.0. The number of nitrogens with one attached hydrogen (secondary N) is 1. The Hall–Kier alpha value is -1.53. The van der Waals surface area contributed by atoms with Crippen molar-refractivity contribution in [3.05, 3.63) is 43.5 Å². The van der Waals surface area contributed by atoms with Gasteiger partial charge < -0.3 is 5.73 Å². The fourth-order valence-corrected chi connectivity index (χ4v) is 2.09. The van der Waals surface area contributed by atoms with Crippen LogP contribution in [0.1, 0.15) is 0 Å². The normalized spacial score (nSPS) is 10.5. The molecule has 78 valence electrons. The number of hydrogen-bond acceptors (Lipinski definition) is 4. The third kappa shape index (κ3) is 1.81. The summed E-state index contributed by atoms with van der Waals surface area (Å²) >= 11 is 6.95. The third-order valence-electron chi connectivity index (χ3n) is 1.77. The smallest absolute Gasteiger partial charge is 0.333 e. The van der Waals surface area contributed by atoms with Gasteiger partial charge >= 0.3 is 5.69 Å². The SMILES string of the molecule is Nc1cn(-c2ccc(Cl)s2)c(=O)[nH]c1=O. The van der Waals surface area contributed by atoms with Crippen LogP contribution in [-0.2, 0) is 0 Å². The Morgan fingerprint density at radius 2 is 2.13 bits per heavy atom. The Morgan fingerprint density at radius 3 is 2.73 bits per heavy atom. The van der Waals surface area contributed by atoms with E-state index in [0.717, 1.165) is 0 Å². The molecule has 15 heavy (non-hydrogen) atoms. The zero-order valence-corrected chi connectivity index (χ0v) is 8.93. The summed E-state index contributed by atoms with van der Waals surface area (Å²) in [6, 6.07) is 3.33. The van der Waals surface area contributed by atoms with Crippen molar-refractivity contribution in [2.75, 3.05) is 5.73 Å². The van der Waals surface area contributed by atoms with Gasteiger partial charge in [-0.2, -0.15) is 0 Å². The van der Waals surface area contributed by atoms with Gasteiger partial charge in [-0.05, 0) is 12.1 Å². The van der Waals surface area contributed by atoms with Crippen LogP contribution in [0, 0.1) is 0 Å². The van der Waals surface area contributed by atoms with Crippen molar-refractivity contribution in [1.82, 2.24) is 9.55 Å². The molecule has 0 aliphatic heterocycles. The molecule has 0 spiro atoms. The van der Waals surface area contributed by atoms with Crippen LogP contribution in [0.25, 0.3) is 5.00 Å². The van der Waals surface area contributed by atoms with E-state index < -0.39 is 11.2 Å². The van der Waals surface area contributed by atoms with Gasteiger partial charge in [0, 0.05) is 6.20 Å². The summed E-state index contributed by atoms with van der Waals surface area (Å²) in [4.78, 5) is 24.5. The van der Waals surface area contributed by atoms with Crippen molar-refractivity contribution in [3.8, 4) is 5.00 Å². The number of aromatic nitrogens is 2. The number of nitrogens with two attached hydrogens (primary N) is 1. The standard InChI is InChI=1S/C8H6ClN3O2S/c9-5-1-2-6(15-5)12-3-4(10)7(13)11-8(12)14/h1-3H,10H2,(H,11,13,14). The molecule has 0 unspecified atom stereocenters. The number of hydrogen-bond donors (Lipinski definition) is 2. The maximum absolute atomic E-state index is 11.4. The molecule has 7 heteroatoms. The molecular weight excluding hydrogens is 238 g/mol. The predicted molar refractivity (Wildman–Crippen MR) is 60.0 cm³/mol. The number of H-pyrrole nitrogens is 1. The molecule has 0 bridgehead atoms. The lowest BCUT2D eigenvalue weighted by molar-refractivity contribution is 0.915. The number of anilines is 1. The summed E-state index contributed by atoms with van der Waals surface area (Å²) in [7, 11) is 0. The van der Waals surface area contributed by atoms with Crippen molar-refractivity contribution < 1.29 is 0 Å². The van der Waals surface area contributed by atoms with Crippen LogP contribution in [0.15, 0.2) is 27.9 Å². The zero-order chi connectivity index (χ0) is 11.0. The minimum atomic E-state index is -0.584. The number of nitrogens with zero attached hydrogens (tertiary/aromatic N) is 1. The summed E-state index contributed by atoms with van der Waals surface area (Å²) in [5.41, 5.74) is 4.27. The van der Waals surface area contributed by atoms with Gasteiger partial charge in [0.1, 0.15) is 10.7 Å². The second kappa shape index (κ2) is 3.56. The molecule has 0 aliphatic carbocycles. The van der Waals surface area contributed by atoms with Crippen molar-refractivity contribution in [3.63, 3.8) is 0 Å².